The van der Waals surface area contributed by atoms with Gasteiger partial charge in [-0.15, -0.1) is 11.3 Å². The van der Waals surface area contributed by atoms with E-state index in [2.05, 4.69) is 15.5 Å². The third-order valence-corrected chi connectivity index (χ3v) is 8.11. The highest BCUT2D eigenvalue weighted by Gasteiger charge is 2.41. The molecule has 1 aliphatic carbocycles. The van der Waals surface area contributed by atoms with Crippen LogP contribution in [0.1, 0.15) is 40.4 Å². The monoisotopic (exact) mass is 396 g/mol. The van der Waals surface area contributed by atoms with E-state index in [9.17, 15) is 13.2 Å². The minimum Gasteiger partial charge on any atom is -0.361 e. The van der Waals surface area contributed by atoms with Crippen LogP contribution in [-0.2, 0) is 34.2 Å². The van der Waals surface area contributed by atoms with Gasteiger partial charge in [-0.25, -0.2) is 13.4 Å². The van der Waals surface area contributed by atoms with Crippen LogP contribution in [0.2, 0.25) is 0 Å². The average Bonchev–Trinajstić information content (AvgIpc) is 3.32. The van der Waals surface area contributed by atoms with Crippen molar-refractivity contribution in [3.8, 4) is 0 Å². The van der Waals surface area contributed by atoms with Crippen LogP contribution in [0.4, 0.5) is 5.13 Å². The van der Waals surface area contributed by atoms with Gasteiger partial charge in [0, 0.05) is 30.0 Å². The Morgan fingerprint density at radius 3 is 2.81 bits per heavy atom. The minimum absolute atomic E-state index is 0.174. The van der Waals surface area contributed by atoms with Crippen molar-refractivity contribution < 1.29 is 17.7 Å². The van der Waals surface area contributed by atoms with E-state index in [1.54, 1.807) is 18.2 Å². The highest BCUT2D eigenvalue weighted by atomic mass is 32.2. The number of fused-ring (bicyclic) bond motifs is 1. The molecule has 8 nitrogen and oxygen atoms in total. The first-order valence-electron chi connectivity index (χ1n) is 8.53. The Bertz CT molecular complexity index is 940. The van der Waals surface area contributed by atoms with Crippen molar-refractivity contribution in [2.45, 2.75) is 51.3 Å². The molecule has 2 aromatic heterocycles. The highest BCUT2D eigenvalue weighted by molar-refractivity contribution is 7.90. The molecular formula is C16H20N4O4S2. The molecule has 4 rings (SSSR count). The zero-order valence-corrected chi connectivity index (χ0v) is 16.2. The first-order valence-corrected chi connectivity index (χ1v) is 10.9. The SMILES string of the molecule is Cc1noc(C)c1CC(=O)Nc1nc2c(s1)CN(S(=O)(=O)C1CC1)CC2. The lowest BCUT2D eigenvalue weighted by Crippen LogP contribution is -2.37. The zero-order chi connectivity index (χ0) is 18.5. The molecule has 0 aromatic carbocycles. The van der Waals surface area contributed by atoms with Gasteiger partial charge in [-0.3, -0.25) is 4.79 Å². The second-order valence-electron chi connectivity index (χ2n) is 6.74. The Morgan fingerprint density at radius 2 is 2.15 bits per heavy atom. The first kappa shape index (κ1) is 17.6. The van der Waals surface area contributed by atoms with E-state index in [1.165, 1.54) is 11.3 Å². The van der Waals surface area contributed by atoms with Crippen LogP contribution in [0.25, 0.3) is 0 Å². The Kier molecular flexibility index (Phi) is 4.36. The van der Waals surface area contributed by atoms with Crippen molar-refractivity contribution in [2.24, 2.45) is 0 Å². The number of sulfonamides is 1. The second-order valence-corrected chi connectivity index (χ2v) is 10.0. The Morgan fingerprint density at radius 1 is 1.38 bits per heavy atom. The normalized spacial score (nSPS) is 17.9. The molecule has 140 valence electrons. The van der Waals surface area contributed by atoms with Gasteiger partial charge in [-0.05, 0) is 26.7 Å². The van der Waals surface area contributed by atoms with Gasteiger partial charge >= 0.3 is 0 Å². The lowest BCUT2D eigenvalue weighted by atomic mass is 10.1. The average molecular weight is 396 g/mol. The lowest BCUT2D eigenvalue weighted by molar-refractivity contribution is -0.115. The summed E-state index contributed by atoms with van der Waals surface area (Å²) in [5, 5.41) is 6.97. The molecule has 26 heavy (non-hydrogen) atoms. The number of carbonyl (C=O) groups is 1. The number of nitrogens with zero attached hydrogens (tertiary/aromatic N) is 3. The van der Waals surface area contributed by atoms with E-state index in [0.717, 1.165) is 29.0 Å². The predicted molar refractivity (Wildman–Crippen MR) is 96.5 cm³/mol. The van der Waals surface area contributed by atoms with E-state index < -0.39 is 10.0 Å². The van der Waals surface area contributed by atoms with Crippen molar-refractivity contribution in [3.63, 3.8) is 0 Å². The van der Waals surface area contributed by atoms with Crippen LogP contribution in [0, 0.1) is 13.8 Å². The van der Waals surface area contributed by atoms with Gasteiger partial charge in [0.1, 0.15) is 5.76 Å². The van der Waals surface area contributed by atoms with Crippen LogP contribution in [0.5, 0.6) is 0 Å². The number of amides is 1. The molecule has 1 N–H and O–H groups in total. The summed E-state index contributed by atoms with van der Waals surface area (Å²) < 4.78 is 31.5. The molecule has 2 aromatic rings. The number of rotatable bonds is 5. The Balaban J connectivity index is 1.44. The van der Waals surface area contributed by atoms with Crippen LogP contribution in [0.3, 0.4) is 0 Å². The molecule has 1 saturated carbocycles. The van der Waals surface area contributed by atoms with Crippen LogP contribution >= 0.6 is 11.3 Å². The highest BCUT2D eigenvalue weighted by Crippen LogP contribution is 2.35. The summed E-state index contributed by atoms with van der Waals surface area (Å²) in [4.78, 5) is 17.7. The van der Waals surface area contributed by atoms with Crippen molar-refractivity contribution >= 4 is 32.4 Å². The quantitative estimate of drug-likeness (QED) is 0.826. The molecule has 10 heteroatoms. The molecule has 0 spiro atoms. The molecule has 1 amide bonds. The molecule has 0 saturated heterocycles. The first-order chi connectivity index (χ1) is 12.3. The van der Waals surface area contributed by atoms with Gasteiger partial charge in [-0.2, -0.15) is 4.31 Å². The number of hydrogen-bond donors (Lipinski definition) is 1. The summed E-state index contributed by atoms with van der Waals surface area (Å²) in [6, 6.07) is 0. The lowest BCUT2D eigenvalue weighted by Gasteiger charge is -2.25. The number of nitrogens with one attached hydrogen (secondary N) is 1. The standard InChI is InChI=1S/C16H20N4O4S2/c1-9-12(10(2)24-19-9)7-15(21)18-16-17-13-5-6-20(8-14(13)25-16)26(22,23)11-3-4-11/h11H,3-8H2,1-2H3,(H,17,18,21). The van der Waals surface area contributed by atoms with E-state index in [1.807, 2.05) is 0 Å². The van der Waals surface area contributed by atoms with Gasteiger partial charge in [0.05, 0.1) is 23.1 Å². The molecular weight excluding hydrogens is 376 g/mol. The molecule has 0 radical (unpaired) electrons. The summed E-state index contributed by atoms with van der Waals surface area (Å²) in [5.74, 6) is 0.449. The van der Waals surface area contributed by atoms with Crippen molar-refractivity contribution in [3.05, 3.63) is 27.6 Å². The van der Waals surface area contributed by atoms with E-state index in [0.29, 0.717) is 36.1 Å². The van der Waals surface area contributed by atoms with Crippen LogP contribution < -0.4 is 5.32 Å². The van der Waals surface area contributed by atoms with Crippen molar-refractivity contribution in [1.82, 2.24) is 14.4 Å². The molecule has 0 atom stereocenters. The number of thiazole rings is 1. The number of aryl methyl sites for hydroxylation is 2. The minimum atomic E-state index is -3.18. The summed E-state index contributed by atoms with van der Waals surface area (Å²) in [7, 11) is -3.18. The van der Waals surface area contributed by atoms with E-state index >= 15 is 0 Å². The largest absolute Gasteiger partial charge is 0.361 e. The van der Waals surface area contributed by atoms with Gasteiger partial charge in [0.15, 0.2) is 5.13 Å². The van der Waals surface area contributed by atoms with Crippen LogP contribution in [-0.4, -0.2) is 40.6 Å². The van der Waals surface area contributed by atoms with Crippen molar-refractivity contribution in [1.29, 1.82) is 0 Å². The number of carbonyl (C=O) groups excluding carboxylic acids is 1. The smallest absolute Gasteiger partial charge is 0.230 e. The molecule has 0 bridgehead atoms. The molecule has 2 aliphatic rings. The van der Waals surface area contributed by atoms with E-state index in [4.69, 9.17) is 4.52 Å². The molecule has 1 aliphatic heterocycles. The number of anilines is 1. The van der Waals surface area contributed by atoms with Gasteiger partial charge in [0.25, 0.3) is 0 Å². The molecule has 1 fully saturated rings. The van der Waals surface area contributed by atoms with E-state index in [-0.39, 0.29) is 17.6 Å². The Hall–Kier alpha value is -1.78. The third-order valence-electron chi connectivity index (χ3n) is 4.77. The maximum Gasteiger partial charge on any atom is 0.230 e. The van der Waals surface area contributed by atoms with Crippen molar-refractivity contribution in [2.75, 3.05) is 11.9 Å². The van der Waals surface area contributed by atoms with Gasteiger partial charge in [0.2, 0.25) is 15.9 Å². The predicted octanol–water partition coefficient (Wildman–Crippen LogP) is 1.78. The summed E-state index contributed by atoms with van der Waals surface area (Å²) in [6.45, 7) is 4.39. The fourth-order valence-electron chi connectivity index (χ4n) is 3.10. The maximum atomic E-state index is 12.4. The zero-order valence-electron chi connectivity index (χ0n) is 14.6. The third kappa shape index (κ3) is 3.28. The van der Waals surface area contributed by atoms with Crippen LogP contribution in [0.15, 0.2) is 4.52 Å². The molecule has 0 unspecified atom stereocenters. The fourth-order valence-corrected chi connectivity index (χ4v) is 6.03. The van der Waals surface area contributed by atoms with Gasteiger partial charge < -0.3 is 9.84 Å². The number of aromatic nitrogens is 2. The Labute approximate surface area is 155 Å². The van der Waals surface area contributed by atoms with Gasteiger partial charge in [-0.1, -0.05) is 5.16 Å². The maximum absolute atomic E-state index is 12.4. The second kappa shape index (κ2) is 6.43. The summed E-state index contributed by atoms with van der Waals surface area (Å²) in [5.41, 5.74) is 2.37. The summed E-state index contributed by atoms with van der Waals surface area (Å²) >= 11 is 1.35. The fraction of sp³-hybridized carbons (Fsp3) is 0.562. The topological polar surface area (TPSA) is 105 Å². The summed E-state index contributed by atoms with van der Waals surface area (Å²) in [6.07, 6.45) is 2.28. The molecule has 3 heterocycles. The number of hydrogen-bond acceptors (Lipinski definition) is 7.